The Kier molecular flexibility index (Phi) is 4.62. The second-order valence-corrected chi connectivity index (χ2v) is 6.80. The minimum absolute atomic E-state index is 0.604. The van der Waals surface area contributed by atoms with Crippen molar-refractivity contribution in [1.29, 1.82) is 0 Å². The van der Waals surface area contributed by atoms with E-state index in [9.17, 15) is 0 Å². The van der Waals surface area contributed by atoms with Crippen LogP contribution in [0.2, 0.25) is 0 Å². The Hall–Kier alpha value is -3.15. The molecule has 0 saturated carbocycles. The van der Waals surface area contributed by atoms with Crippen LogP contribution in [-0.4, -0.2) is 29.3 Å². The van der Waals surface area contributed by atoms with E-state index in [0.29, 0.717) is 6.54 Å². The first-order valence-electron chi connectivity index (χ1n) is 9.31. The molecule has 4 rings (SSSR count). The second-order valence-electron chi connectivity index (χ2n) is 6.80. The van der Waals surface area contributed by atoms with Crippen LogP contribution in [0.5, 0.6) is 0 Å². The smallest absolute Gasteiger partial charge is 0.144 e. The fourth-order valence-corrected chi connectivity index (χ4v) is 3.67. The molecule has 0 aliphatic carbocycles. The van der Waals surface area contributed by atoms with Gasteiger partial charge in [-0.15, -0.1) is 0 Å². The standard InChI is InChI=1S/C21H24N6/c1-4-10-27-15(2)11-18(16(27)3)21-20(17-8-6-5-7-9-17)23-14-26(21)12-19-22-13-24-25-19/h5-9,11,13-14H,4,10,12H2,1-3H3,(H,22,24,25). The topological polar surface area (TPSA) is 64.3 Å². The van der Waals surface area contributed by atoms with Crippen LogP contribution >= 0.6 is 0 Å². The van der Waals surface area contributed by atoms with Gasteiger partial charge in [-0.2, -0.15) is 5.10 Å². The molecule has 3 aromatic heterocycles. The highest BCUT2D eigenvalue weighted by Crippen LogP contribution is 2.35. The number of hydrogen-bond acceptors (Lipinski definition) is 3. The molecule has 0 amide bonds. The summed E-state index contributed by atoms with van der Waals surface area (Å²) in [6.07, 6.45) is 4.54. The monoisotopic (exact) mass is 360 g/mol. The van der Waals surface area contributed by atoms with Gasteiger partial charge in [0.05, 0.1) is 24.3 Å². The lowest BCUT2D eigenvalue weighted by molar-refractivity contribution is 0.649. The fourth-order valence-electron chi connectivity index (χ4n) is 3.67. The molecule has 0 aliphatic heterocycles. The minimum Gasteiger partial charge on any atom is -0.348 e. The summed E-state index contributed by atoms with van der Waals surface area (Å²) in [5, 5.41) is 6.92. The van der Waals surface area contributed by atoms with Gasteiger partial charge in [-0.25, -0.2) is 9.97 Å². The first-order valence-corrected chi connectivity index (χ1v) is 9.31. The van der Waals surface area contributed by atoms with Gasteiger partial charge in [0, 0.05) is 29.1 Å². The van der Waals surface area contributed by atoms with Crippen LogP contribution in [0.1, 0.15) is 30.6 Å². The van der Waals surface area contributed by atoms with Crippen LogP contribution < -0.4 is 0 Å². The van der Waals surface area contributed by atoms with Crippen LogP contribution in [0.3, 0.4) is 0 Å². The molecule has 0 aliphatic rings. The van der Waals surface area contributed by atoms with Gasteiger partial charge in [-0.1, -0.05) is 37.3 Å². The lowest BCUT2D eigenvalue weighted by Gasteiger charge is -2.11. The predicted molar refractivity (Wildman–Crippen MR) is 106 cm³/mol. The number of nitrogens with one attached hydrogen (secondary N) is 1. The number of imidazole rings is 1. The van der Waals surface area contributed by atoms with Crippen molar-refractivity contribution in [3.05, 3.63) is 66.3 Å². The number of nitrogens with zero attached hydrogens (tertiary/aromatic N) is 5. The quantitative estimate of drug-likeness (QED) is 0.560. The summed E-state index contributed by atoms with van der Waals surface area (Å²) in [5.41, 5.74) is 6.99. The molecule has 3 heterocycles. The molecular weight excluding hydrogens is 336 g/mol. The second kappa shape index (κ2) is 7.23. The average Bonchev–Trinajstić information content (AvgIpc) is 3.39. The largest absolute Gasteiger partial charge is 0.348 e. The van der Waals surface area contributed by atoms with Crippen molar-refractivity contribution in [2.24, 2.45) is 0 Å². The van der Waals surface area contributed by atoms with E-state index in [0.717, 1.165) is 35.7 Å². The van der Waals surface area contributed by atoms with Crippen molar-refractivity contribution in [3.8, 4) is 22.5 Å². The predicted octanol–water partition coefficient (Wildman–Crippen LogP) is 4.21. The van der Waals surface area contributed by atoms with Crippen molar-refractivity contribution in [3.63, 3.8) is 0 Å². The summed E-state index contributed by atoms with van der Waals surface area (Å²) in [5.74, 6) is 0.815. The molecule has 0 spiro atoms. The first-order chi connectivity index (χ1) is 13.2. The van der Waals surface area contributed by atoms with Crippen LogP contribution in [0.4, 0.5) is 0 Å². The van der Waals surface area contributed by atoms with Gasteiger partial charge < -0.3 is 9.13 Å². The molecule has 27 heavy (non-hydrogen) atoms. The molecule has 6 nitrogen and oxygen atoms in total. The highest BCUT2D eigenvalue weighted by Gasteiger charge is 2.20. The molecule has 0 atom stereocenters. The van der Waals surface area contributed by atoms with E-state index in [-0.39, 0.29) is 0 Å². The number of hydrogen-bond donors (Lipinski definition) is 1. The molecular formula is C21H24N6. The maximum atomic E-state index is 4.76. The number of rotatable bonds is 6. The van der Waals surface area contributed by atoms with E-state index in [1.165, 1.54) is 23.3 Å². The molecule has 0 radical (unpaired) electrons. The van der Waals surface area contributed by atoms with Crippen LogP contribution in [0.25, 0.3) is 22.5 Å². The third kappa shape index (κ3) is 3.18. The normalized spacial score (nSPS) is 11.2. The molecule has 0 saturated heterocycles. The maximum Gasteiger partial charge on any atom is 0.144 e. The Bertz CT molecular complexity index is 1020. The summed E-state index contributed by atoms with van der Waals surface area (Å²) in [7, 11) is 0. The van der Waals surface area contributed by atoms with Gasteiger partial charge in [-0.05, 0) is 26.3 Å². The number of H-pyrrole nitrogens is 1. The number of benzene rings is 1. The van der Waals surface area contributed by atoms with Crippen LogP contribution in [0, 0.1) is 13.8 Å². The highest BCUT2D eigenvalue weighted by atomic mass is 15.2. The third-order valence-corrected chi connectivity index (χ3v) is 4.95. The molecule has 4 aromatic rings. The van der Waals surface area contributed by atoms with Gasteiger partial charge in [0.2, 0.25) is 0 Å². The zero-order valence-corrected chi connectivity index (χ0v) is 16.0. The van der Waals surface area contributed by atoms with Crippen LogP contribution in [-0.2, 0) is 13.1 Å². The summed E-state index contributed by atoms with van der Waals surface area (Å²) < 4.78 is 4.54. The van der Waals surface area contributed by atoms with E-state index in [4.69, 9.17) is 4.98 Å². The Morgan fingerprint density at radius 2 is 1.89 bits per heavy atom. The van der Waals surface area contributed by atoms with Crippen molar-refractivity contribution in [2.75, 3.05) is 0 Å². The fraction of sp³-hybridized carbons (Fsp3) is 0.286. The lowest BCUT2D eigenvalue weighted by Crippen LogP contribution is -2.04. The van der Waals surface area contributed by atoms with Gasteiger partial charge in [-0.3, -0.25) is 5.10 Å². The van der Waals surface area contributed by atoms with Crippen molar-refractivity contribution < 1.29 is 0 Å². The summed E-state index contributed by atoms with van der Waals surface area (Å²) in [4.78, 5) is 9.04. The van der Waals surface area contributed by atoms with E-state index in [1.807, 2.05) is 12.4 Å². The minimum atomic E-state index is 0.604. The molecule has 1 N–H and O–H groups in total. The van der Waals surface area contributed by atoms with Gasteiger partial charge in [0.1, 0.15) is 12.2 Å². The number of aromatic amines is 1. The number of aromatic nitrogens is 6. The molecule has 6 heteroatoms. The Morgan fingerprint density at radius 1 is 1.07 bits per heavy atom. The van der Waals surface area contributed by atoms with E-state index < -0.39 is 0 Å². The zero-order valence-electron chi connectivity index (χ0n) is 16.0. The van der Waals surface area contributed by atoms with E-state index in [1.54, 1.807) is 0 Å². The molecule has 0 unspecified atom stereocenters. The van der Waals surface area contributed by atoms with E-state index >= 15 is 0 Å². The SMILES string of the molecule is CCCn1c(C)cc(-c2c(-c3ccccc3)ncn2Cc2ncn[nH]2)c1C. The van der Waals surface area contributed by atoms with Gasteiger partial charge in [0.25, 0.3) is 0 Å². The Morgan fingerprint density at radius 3 is 2.59 bits per heavy atom. The summed E-state index contributed by atoms with van der Waals surface area (Å²) in [6, 6.07) is 12.6. The first kappa shape index (κ1) is 17.3. The van der Waals surface area contributed by atoms with Crippen molar-refractivity contribution in [1.82, 2.24) is 29.3 Å². The number of aryl methyl sites for hydroxylation is 1. The van der Waals surface area contributed by atoms with Crippen molar-refractivity contribution in [2.45, 2.75) is 40.3 Å². The summed E-state index contributed by atoms with van der Waals surface area (Å²) >= 11 is 0. The summed E-state index contributed by atoms with van der Waals surface area (Å²) in [6.45, 7) is 8.20. The molecule has 1 aromatic carbocycles. The van der Waals surface area contributed by atoms with Gasteiger partial charge >= 0.3 is 0 Å². The average molecular weight is 360 g/mol. The molecule has 0 fully saturated rings. The van der Waals surface area contributed by atoms with E-state index in [2.05, 4.69) is 75.4 Å². The Labute approximate surface area is 158 Å². The molecule has 0 bridgehead atoms. The highest BCUT2D eigenvalue weighted by molar-refractivity contribution is 5.80. The lowest BCUT2D eigenvalue weighted by atomic mass is 10.0. The van der Waals surface area contributed by atoms with Crippen molar-refractivity contribution >= 4 is 0 Å². The van der Waals surface area contributed by atoms with Crippen LogP contribution in [0.15, 0.2) is 49.1 Å². The third-order valence-electron chi connectivity index (χ3n) is 4.95. The zero-order chi connectivity index (χ0) is 18.8. The molecule has 138 valence electrons. The maximum absolute atomic E-state index is 4.76. The Balaban J connectivity index is 1.89. The van der Waals surface area contributed by atoms with Gasteiger partial charge in [0.15, 0.2) is 0 Å².